The number of hydrogen-bond acceptors (Lipinski definition) is 4. The second kappa shape index (κ2) is 6.29. The zero-order valence-corrected chi connectivity index (χ0v) is 10.5. The van der Waals surface area contributed by atoms with Gasteiger partial charge >= 0.3 is 5.97 Å². The second-order valence-electron chi connectivity index (χ2n) is 4.47. The van der Waals surface area contributed by atoms with Crippen molar-refractivity contribution in [3.8, 4) is 0 Å². The molecule has 1 atom stereocenters. The average molecular weight is 264 g/mol. The molecule has 1 aromatic rings. The van der Waals surface area contributed by atoms with Gasteiger partial charge in [0.15, 0.2) is 0 Å². The Labute approximate surface area is 110 Å². The van der Waals surface area contributed by atoms with Gasteiger partial charge in [0, 0.05) is 19.3 Å². The number of aromatic nitrogens is 1. The number of rotatable bonds is 5. The number of nitrogens with one attached hydrogen (secondary N) is 1. The fourth-order valence-electron chi connectivity index (χ4n) is 1.94. The molecule has 2 rings (SSSR count). The Bertz CT molecular complexity index is 452. The van der Waals surface area contributed by atoms with Crippen LogP contribution >= 0.6 is 0 Å². The Kier molecular flexibility index (Phi) is 4.46. The van der Waals surface area contributed by atoms with Gasteiger partial charge in [0.05, 0.1) is 12.5 Å². The summed E-state index contributed by atoms with van der Waals surface area (Å²) in [5.41, 5.74) is 0.764. The van der Waals surface area contributed by atoms with Gasteiger partial charge in [-0.15, -0.1) is 0 Å². The van der Waals surface area contributed by atoms with Gasteiger partial charge in [0.1, 0.15) is 5.69 Å². The molecule has 1 saturated heterocycles. The summed E-state index contributed by atoms with van der Waals surface area (Å²) in [6.07, 6.45) is 3.81. The molecule has 0 saturated carbocycles. The molecule has 1 aliphatic heterocycles. The van der Waals surface area contributed by atoms with Crippen molar-refractivity contribution in [1.29, 1.82) is 0 Å². The van der Waals surface area contributed by atoms with Crippen molar-refractivity contribution < 1.29 is 19.4 Å². The fourth-order valence-corrected chi connectivity index (χ4v) is 1.94. The highest BCUT2D eigenvalue weighted by molar-refractivity contribution is 5.85. The monoisotopic (exact) mass is 264 g/mol. The van der Waals surface area contributed by atoms with E-state index in [-0.39, 0.29) is 17.7 Å². The molecule has 102 valence electrons. The second-order valence-corrected chi connectivity index (χ2v) is 4.47. The Morgan fingerprint density at radius 3 is 2.89 bits per heavy atom. The van der Waals surface area contributed by atoms with Crippen LogP contribution in [0.15, 0.2) is 18.3 Å². The highest BCUT2D eigenvalue weighted by Gasteiger charge is 2.18. The summed E-state index contributed by atoms with van der Waals surface area (Å²) in [4.78, 5) is 26.1. The first-order chi connectivity index (χ1) is 9.15. The number of aromatic carboxylic acids is 1. The third-order valence-corrected chi connectivity index (χ3v) is 2.97. The highest BCUT2D eigenvalue weighted by Crippen LogP contribution is 2.14. The van der Waals surface area contributed by atoms with Crippen LogP contribution in [0, 0.1) is 0 Å². The zero-order chi connectivity index (χ0) is 13.7. The lowest BCUT2D eigenvalue weighted by atomic mass is 10.1. The van der Waals surface area contributed by atoms with Gasteiger partial charge in [-0.2, -0.15) is 0 Å². The topological polar surface area (TPSA) is 88.5 Å². The van der Waals surface area contributed by atoms with E-state index < -0.39 is 5.97 Å². The van der Waals surface area contributed by atoms with Crippen molar-refractivity contribution >= 4 is 11.9 Å². The predicted molar refractivity (Wildman–Crippen MR) is 66.6 cm³/mol. The largest absolute Gasteiger partial charge is 0.477 e. The predicted octanol–water partition coefficient (Wildman–Crippen LogP) is 0.965. The maximum absolute atomic E-state index is 11.6. The molecule has 2 N–H and O–H groups in total. The summed E-state index contributed by atoms with van der Waals surface area (Å²) in [5.74, 6) is -1.12. The summed E-state index contributed by atoms with van der Waals surface area (Å²) in [7, 11) is 0. The van der Waals surface area contributed by atoms with E-state index in [2.05, 4.69) is 10.3 Å². The first-order valence-electron chi connectivity index (χ1n) is 6.21. The normalized spacial score (nSPS) is 18.2. The van der Waals surface area contributed by atoms with E-state index in [0.717, 1.165) is 25.0 Å². The van der Waals surface area contributed by atoms with E-state index in [0.29, 0.717) is 13.0 Å². The Hall–Kier alpha value is -1.95. The number of amides is 1. The number of nitrogens with zero attached hydrogens (tertiary/aromatic N) is 1. The molecular weight excluding hydrogens is 248 g/mol. The Morgan fingerprint density at radius 2 is 2.32 bits per heavy atom. The number of pyridine rings is 1. The van der Waals surface area contributed by atoms with Crippen LogP contribution in [0.2, 0.25) is 0 Å². The molecule has 1 unspecified atom stereocenters. The first-order valence-corrected chi connectivity index (χ1v) is 6.21. The summed E-state index contributed by atoms with van der Waals surface area (Å²) < 4.78 is 5.38. The molecule has 1 aliphatic rings. The van der Waals surface area contributed by atoms with Crippen LogP contribution in [-0.4, -0.2) is 34.7 Å². The quantitative estimate of drug-likeness (QED) is 0.827. The maximum Gasteiger partial charge on any atom is 0.354 e. The van der Waals surface area contributed by atoms with Crippen molar-refractivity contribution in [2.75, 3.05) is 6.61 Å². The number of carboxylic acid groups (broad SMARTS) is 1. The molecule has 6 nitrogen and oxygen atoms in total. The van der Waals surface area contributed by atoms with Gasteiger partial charge in [-0.25, -0.2) is 9.78 Å². The fraction of sp³-hybridized carbons (Fsp3) is 0.462. The molecule has 1 aromatic heterocycles. The number of hydrogen-bond donors (Lipinski definition) is 2. The molecule has 1 fully saturated rings. The van der Waals surface area contributed by atoms with Crippen LogP contribution in [0.4, 0.5) is 0 Å². The van der Waals surface area contributed by atoms with Crippen molar-refractivity contribution in [1.82, 2.24) is 10.3 Å². The van der Waals surface area contributed by atoms with Crippen LogP contribution in [0.5, 0.6) is 0 Å². The van der Waals surface area contributed by atoms with Gasteiger partial charge in [-0.3, -0.25) is 4.79 Å². The minimum absolute atomic E-state index is 0.00516. The maximum atomic E-state index is 11.6. The first kappa shape index (κ1) is 13.5. The molecule has 19 heavy (non-hydrogen) atoms. The molecular formula is C13H16N2O4. The Morgan fingerprint density at radius 1 is 1.47 bits per heavy atom. The lowest BCUT2D eigenvalue weighted by Crippen LogP contribution is -2.26. The van der Waals surface area contributed by atoms with Crippen LogP contribution in [0.1, 0.15) is 35.3 Å². The number of carbonyl (C=O) groups excluding carboxylic acids is 1. The van der Waals surface area contributed by atoms with Crippen LogP contribution in [0.3, 0.4) is 0 Å². The average Bonchev–Trinajstić information content (AvgIpc) is 2.89. The SMILES string of the molecule is O=C(CC1CCCO1)NCc1ccc(C(=O)O)nc1. The van der Waals surface area contributed by atoms with Gasteiger partial charge in [-0.1, -0.05) is 6.07 Å². The molecule has 0 bridgehead atoms. The van der Waals surface area contributed by atoms with Gasteiger partial charge in [-0.05, 0) is 24.5 Å². The lowest BCUT2D eigenvalue weighted by molar-refractivity contribution is -0.123. The minimum Gasteiger partial charge on any atom is -0.477 e. The number of carboxylic acids is 1. The van der Waals surface area contributed by atoms with E-state index in [1.54, 1.807) is 6.07 Å². The minimum atomic E-state index is -1.06. The van der Waals surface area contributed by atoms with E-state index in [4.69, 9.17) is 9.84 Å². The molecule has 0 aliphatic carbocycles. The van der Waals surface area contributed by atoms with Gasteiger partial charge in [0.2, 0.25) is 5.91 Å². The van der Waals surface area contributed by atoms with E-state index in [9.17, 15) is 9.59 Å². The lowest BCUT2D eigenvalue weighted by Gasteiger charge is -2.09. The number of carbonyl (C=O) groups is 2. The molecule has 0 spiro atoms. The summed E-state index contributed by atoms with van der Waals surface area (Å²) in [6, 6.07) is 3.06. The third-order valence-electron chi connectivity index (χ3n) is 2.97. The van der Waals surface area contributed by atoms with Crippen molar-refractivity contribution in [3.05, 3.63) is 29.6 Å². The van der Waals surface area contributed by atoms with E-state index in [1.807, 2.05) is 0 Å². The van der Waals surface area contributed by atoms with Crippen LogP contribution in [-0.2, 0) is 16.1 Å². The molecule has 1 amide bonds. The van der Waals surface area contributed by atoms with E-state index >= 15 is 0 Å². The summed E-state index contributed by atoms with van der Waals surface area (Å²) in [5, 5.41) is 11.5. The van der Waals surface area contributed by atoms with Crippen LogP contribution < -0.4 is 5.32 Å². The van der Waals surface area contributed by atoms with Gasteiger partial charge in [0.25, 0.3) is 0 Å². The third kappa shape index (κ3) is 4.03. The standard InChI is InChI=1S/C13H16N2O4/c16-12(6-10-2-1-5-19-10)15-8-9-3-4-11(13(17)18)14-7-9/h3-4,7,10H,1-2,5-6,8H2,(H,15,16)(H,17,18). The summed E-state index contributed by atoms with van der Waals surface area (Å²) in [6.45, 7) is 1.08. The Balaban J connectivity index is 1.77. The van der Waals surface area contributed by atoms with Crippen molar-refractivity contribution in [2.24, 2.45) is 0 Å². The molecule has 6 heteroatoms. The number of ether oxygens (including phenoxy) is 1. The molecule has 0 radical (unpaired) electrons. The zero-order valence-electron chi connectivity index (χ0n) is 10.5. The highest BCUT2D eigenvalue weighted by atomic mass is 16.5. The van der Waals surface area contributed by atoms with E-state index in [1.165, 1.54) is 12.3 Å². The molecule has 0 aromatic carbocycles. The summed E-state index contributed by atoms with van der Waals surface area (Å²) >= 11 is 0. The van der Waals surface area contributed by atoms with Crippen molar-refractivity contribution in [3.63, 3.8) is 0 Å². The van der Waals surface area contributed by atoms with Gasteiger partial charge < -0.3 is 15.2 Å². The molecule has 2 heterocycles. The smallest absolute Gasteiger partial charge is 0.354 e. The van der Waals surface area contributed by atoms with Crippen LogP contribution in [0.25, 0.3) is 0 Å². The van der Waals surface area contributed by atoms with Crippen molar-refractivity contribution in [2.45, 2.75) is 31.9 Å².